The highest BCUT2D eigenvalue weighted by Crippen LogP contribution is 2.19. The van der Waals surface area contributed by atoms with Gasteiger partial charge in [0, 0.05) is 37.9 Å². The Morgan fingerprint density at radius 1 is 1.17 bits per heavy atom. The lowest BCUT2D eigenvalue weighted by Crippen LogP contribution is -2.51. The number of amides is 3. The molecule has 0 aliphatic carbocycles. The van der Waals surface area contributed by atoms with Crippen LogP contribution in [-0.2, 0) is 4.79 Å². The van der Waals surface area contributed by atoms with Crippen LogP contribution < -0.4 is 15.5 Å². The van der Waals surface area contributed by atoms with E-state index in [1.54, 1.807) is 12.1 Å². The van der Waals surface area contributed by atoms with Crippen LogP contribution in [0.1, 0.15) is 20.3 Å². The number of phenols is 1. The molecule has 7 nitrogen and oxygen atoms in total. The fourth-order valence-corrected chi connectivity index (χ4v) is 2.56. The molecule has 1 aromatic rings. The number of phenolic OH excluding ortho intramolecular Hbond substituents is 1. The fraction of sp³-hybridized carbons (Fsp3) is 0.529. The third-order valence-corrected chi connectivity index (χ3v) is 4.20. The lowest BCUT2D eigenvalue weighted by Gasteiger charge is -2.35. The van der Waals surface area contributed by atoms with Gasteiger partial charge >= 0.3 is 6.03 Å². The topological polar surface area (TPSA) is 84.9 Å². The van der Waals surface area contributed by atoms with Crippen LogP contribution >= 0.6 is 0 Å². The number of imide groups is 1. The molecule has 2 rings (SSSR count). The van der Waals surface area contributed by atoms with Gasteiger partial charge in [-0.2, -0.15) is 0 Å². The van der Waals surface area contributed by atoms with Gasteiger partial charge < -0.3 is 15.3 Å². The summed E-state index contributed by atoms with van der Waals surface area (Å²) in [6.45, 7) is 7.20. The normalized spacial score (nSPS) is 16.5. The van der Waals surface area contributed by atoms with Gasteiger partial charge in [0.25, 0.3) is 0 Å². The molecule has 0 radical (unpaired) electrons. The molecule has 0 spiro atoms. The Morgan fingerprint density at radius 3 is 2.38 bits per heavy atom. The van der Waals surface area contributed by atoms with Gasteiger partial charge in [-0.05, 0) is 37.6 Å². The van der Waals surface area contributed by atoms with Crippen LogP contribution in [0.5, 0.6) is 5.75 Å². The van der Waals surface area contributed by atoms with Gasteiger partial charge in [-0.25, -0.2) is 4.79 Å². The van der Waals surface area contributed by atoms with E-state index < -0.39 is 6.03 Å². The van der Waals surface area contributed by atoms with Crippen molar-refractivity contribution < 1.29 is 14.7 Å². The van der Waals surface area contributed by atoms with Crippen molar-refractivity contribution in [1.82, 2.24) is 15.5 Å². The number of nitrogens with one attached hydrogen (secondary N) is 2. The van der Waals surface area contributed by atoms with Gasteiger partial charge in [-0.1, -0.05) is 6.92 Å². The minimum Gasteiger partial charge on any atom is -0.508 e. The van der Waals surface area contributed by atoms with Crippen molar-refractivity contribution in [1.29, 1.82) is 0 Å². The maximum absolute atomic E-state index is 11.9. The van der Waals surface area contributed by atoms with Gasteiger partial charge in [0.05, 0.1) is 6.54 Å². The molecular weight excluding hydrogens is 308 g/mol. The molecule has 0 bridgehead atoms. The van der Waals surface area contributed by atoms with Crippen molar-refractivity contribution in [3.05, 3.63) is 24.3 Å². The van der Waals surface area contributed by atoms with E-state index in [4.69, 9.17) is 0 Å². The zero-order valence-electron chi connectivity index (χ0n) is 14.3. The van der Waals surface area contributed by atoms with Crippen LogP contribution in [0.25, 0.3) is 0 Å². The molecule has 1 saturated heterocycles. The first-order valence-electron chi connectivity index (χ1n) is 8.34. The SMILES string of the molecule is CC[C@H](C)NC(=O)NC(=O)CN1CCN(c2ccc(O)cc2)CC1. The summed E-state index contributed by atoms with van der Waals surface area (Å²) in [5.41, 5.74) is 1.06. The summed E-state index contributed by atoms with van der Waals surface area (Å²) in [6.07, 6.45) is 0.820. The van der Waals surface area contributed by atoms with Crippen LogP contribution in [0.4, 0.5) is 10.5 Å². The summed E-state index contributed by atoms with van der Waals surface area (Å²) in [5, 5.41) is 14.4. The van der Waals surface area contributed by atoms with Crippen LogP contribution in [0.2, 0.25) is 0 Å². The van der Waals surface area contributed by atoms with E-state index in [2.05, 4.69) is 15.5 Å². The molecule has 1 fully saturated rings. The second-order valence-electron chi connectivity index (χ2n) is 6.11. The van der Waals surface area contributed by atoms with Gasteiger partial charge in [0.15, 0.2) is 0 Å². The smallest absolute Gasteiger partial charge is 0.321 e. The van der Waals surface area contributed by atoms with Gasteiger partial charge in [-0.3, -0.25) is 15.0 Å². The van der Waals surface area contributed by atoms with Crippen molar-refractivity contribution in [3.63, 3.8) is 0 Å². The number of rotatable bonds is 5. The van der Waals surface area contributed by atoms with E-state index in [0.717, 1.165) is 38.3 Å². The average Bonchev–Trinajstić information content (AvgIpc) is 2.56. The third-order valence-electron chi connectivity index (χ3n) is 4.20. The summed E-state index contributed by atoms with van der Waals surface area (Å²) in [5.74, 6) is -0.0291. The molecule has 7 heteroatoms. The Morgan fingerprint density at radius 2 is 1.79 bits per heavy atom. The number of piperazine rings is 1. The molecule has 1 atom stereocenters. The quantitative estimate of drug-likeness (QED) is 0.752. The highest BCUT2D eigenvalue weighted by Gasteiger charge is 2.20. The number of carbonyl (C=O) groups is 2. The van der Waals surface area contributed by atoms with Crippen LogP contribution in [-0.4, -0.2) is 60.7 Å². The number of hydrogen-bond acceptors (Lipinski definition) is 5. The highest BCUT2D eigenvalue weighted by molar-refractivity contribution is 5.95. The lowest BCUT2D eigenvalue weighted by atomic mass is 10.2. The molecule has 3 amide bonds. The molecule has 0 unspecified atom stereocenters. The lowest BCUT2D eigenvalue weighted by molar-refractivity contribution is -0.121. The number of urea groups is 1. The van der Waals surface area contributed by atoms with Crippen molar-refractivity contribution >= 4 is 17.6 Å². The Balaban J connectivity index is 1.73. The van der Waals surface area contributed by atoms with E-state index in [1.807, 2.05) is 30.9 Å². The fourth-order valence-electron chi connectivity index (χ4n) is 2.56. The monoisotopic (exact) mass is 334 g/mol. The molecule has 24 heavy (non-hydrogen) atoms. The minimum atomic E-state index is -0.433. The zero-order chi connectivity index (χ0) is 17.5. The molecule has 132 valence electrons. The second-order valence-corrected chi connectivity index (χ2v) is 6.11. The highest BCUT2D eigenvalue weighted by atomic mass is 16.3. The number of carbonyl (C=O) groups excluding carboxylic acids is 2. The van der Waals surface area contributed by atoms with E-state index in [1.165, 1.54) is 0 Å². The first-order valence-corrected chi connectivity index (χ1v) is 8.34. The number of anilines is 1. The van der Waals surface area contributed by atoms with Crippen molar-refractivity contribution in [2.24, 2.45) is 0 Å². The second kappa shape index (κ2) is 8.54. The maximum atomic E-state index is 11.9. The predicted octanol–water partition coefficient (Wildman–Crippen LogP) is 1.14. The molecule has 0 saturated carbocycles. The van der Waals surface area contributed by atoms with Gasteiger partial charge in [0.1, 0.15) is 5.75 Å². The summed E-state index contributed by atoms with van der Waals surface area (Å²) < 4.78 is 0. The Hall–Kier alpha value is -2.28. The molecule has 1 heterocycles. The van der Waals surface area contributed by atoms with E-state index in [-0.39, 0.29) is 24.2 Å². The first kappa shape index (κ1) is 18.1. The molecule has 1 aliphatic rings. The van der Waals surface area contributed by atoms with Crippen molar-refractivity contribution in [2.45, 2.75) is 26.3 Å². The largest absolute Gasteiger partial charge is 0.508 e. The predicted molar refractivity (Wildman–Crippen MR) is 93.2 cm³/mol. The van der Waals surface area contributed by atoms with Gasteiger partial charge in [0.2, 0.25) is 5.91 Å². The Kier molecular flexibility index (Phi) is 6.43. The van der Waals surface area contributed by atoms with Crippen LogP contribution in [0.3, 0.4) is 0 Å². The minimum absolute atomic E-state index is 0.0478. The number of benzene rings is 1. The van der Waals surface area contributed by atoms with Crippen LogP contribution in [0.15, 0.2) is 24.3 Å². The van der Waals surface area contributed by atoms with Crippen LogP contribution in [0, 0.1) is 0 Å². The number of hydrogen-bond donors (Lipinski definition) is 3. The van der Waals surface area contributed by atoms with Crippen molar-refractivity contribution in [3.8, 4) is 5.75 Å². The molecular formula is C17H26N4O3. The molecule has 3 N–H and O–H groups in total. The zero-order valence-corrected chi connectivity index (χ0v) is 14.3. The standard InChI is InChI=1S/C17H26N4O3/c1-3-13(2)18-17(24)19-16(23)12-20-8-10-21(11-9-20)14-4-6-15(22)7-5-14/h4-7,13,22H,3,8-12H2,1-2H3,(H2,18,19,23,24)/t13-/m0/s1. The summed E-state index contributed by atoms with van der Waals surface area (Å²) in [6, 6.07) is 6.73. The summed E-state index contributed by atoms with van der Waals surface area (Å²) >= 11 is 0. The van der Waals surface area contributed by atoms with E-state index >= 15 is 0 Å². The Labute approximate surface area is 142 Å². The molecule has 1 aliphatic heterocycles. The Bertz CT molecular complexity index is 553. The molecule has 1 aromatic carbocycles. The first-order chi connectivity index (χ1) is 11.5. The van der Waals surface area contributed by atoms with E-state index in [0.29, 0.717) is 0 Å². The number of aromatic hydroxyl groups is 1. The van der Waals surface area contributed by atoms with Gasteiger partial charge in [-0.15, -0.1) is 0 Å². The third kappa shape index (κ3) is 5.42. The summed E-state index contributed by atoms with van der Waals surface area (Å²) in [7, 11) is 0. The summed E-state index contributed by atoms with van der Waals surface area (Å²) in [4.78, 5) is 27.8. The maximum Gasteiger partial charge on any atom is 0.321 e. The number of nitrogens with zero attached hydrogens (tertiary/aromatic N) is 2. The average molecular weight is 334 g/mol. The van der Waals surface area contributed by atoms with E-state index in [9.17, 15) is 14.7 Å². The molecule has 0 aromatic heterocycles. The van der Waals surface area contributed by atoms with Crippen molar-refractivity contribution in [2.75, 3.05) is 37.6 Å².